The highest BCUT2D eigenvalue weighted by atomic mass is 16.5. The summed E-state index contributed by atoms with van der Waals surface area (Å²) in [4.78, 5) is 11.7. The fraction of sp³-hybridized carbons (Fsp3) is 0.105. The Hall–Kier alpha value is -3.21. The van der Waals surface area contributed by atoms with Gasteiger partial charge in [0.1, 0.15) is 11.5 Å². The van der Waals surface area contributed by atoms with Gasteiger partial charge in [0.15, 0.2) is 0 Å². The van der Waals surface area contributed by atoms with Crippen molar-refractivity contribution in [2.24, 2.45) is 0 Å². The molecule has 0 aliphatic heterocycles. The van der Waals surface area contributed by atoms with E-state index in [2.05, 4.69) is 0 Å². The molecule has 24 heavy (non-hydrogen) atoms. The van der Waals surface area contributed by atoms with Crippen molar-refractivity contribution < 1.29 is 19.4 Å². The summed E-state index contributed by atoms with van der Waals surface area (Å²) in [6.45, 7) is 0. The lowest BCUT2D eigenvalue weighted by Gasteiger charge is -2.18. The average molecular weight is 323 g/mol. The Balaban J connectivity index is 1.97. The van der Waals surface area contributed by atoms with Crippen molar-refractivity contribution in [2.45, 2.75) is 6.10 Å². The van der Waals surface area contributed by atoms with E-state index in [1.165, 1.54) is 7.11 Å². The molecule has 1 heterocycles. The van der Waals surface area contributed by atoms with Gasteiger partial charge in [0.25, 0.3) is 0 Å². The quantitative estimate of drug-likeness (QED) is 0.751. The fourth-order valence-corrected chi connectivity index (χ4v) is 2.46. The summed E-state index contributed by atoms with van der Waals surface area (Å²) in [5.41, 5.74) is 1.29. The molecule has 3 aromatic rings. The van der Waals surface area contributed by atoms with Crippen LogP contribution in [0.4, 0.5) is 0 Å². The maximum atomic E-state index is 11.7. The van der Waals surface area contributed by atoms with E-state index in [1.807, 2.05) is 47.3 Å². The largest absolute Gasteiger partial charge is 0.497 e. The highest BCUT2D eigenvalue weighted by Gasteiger charge is 2.23. The smallest absolute Gasteiger partial charge is 0.349 e. The zero-order valence-electron chi connectivity index (χ0n) is 13.1. The summed E-state index contributed by atoms with van der Waals surface area (Å²) in [6, 6.07) is 18.0. The van der Waals surface area contributed by atoms with Gasteiger partial charge >= 0.3 is 5.97 Å². The minimum absolute atomic E-state index is 0.490. The van der Waals surface area contributed by atoms with Crippen LogP contribution < -0.4 is 9.47 Å². The number of aliphatic carboxylic acids is 1. The Morgan fingerprint density at radius 1 is 1.04 bits per heavy atom. The molecule has 0 saturated carbocycles. The molecule has 0 fully saturated rings. The van der Waals surface area contributed by atoms with E-state index in [4.69, 9.17) is 9.47 Å². The first-order chi connectivity index (χ1) is 11.7. The van der Waals surface area contributed by atoms with E-state index < -0.39 is 12.1 Å². The molecule has 1 atom stereocenters. The molecule has 5 heteroatoms. The lowest BCUT2D eigenvalue weighted by Crippen LogP contribution is -2.19. The number of benzene rings is 2. The van der Waals surface area contributed by atoms with E-state index >= 15 is 0 Å². The number of methoxy groups -OCH3 is 1. The van der Waals surface area contributed by atoms with E-state index in [9.17, 15) is 9.90 Å². The second-order valence-corrected chi connectivity index (χ2v) is 5.17. The monoisotopic (exact) mass is 323 g/mol. The van der Waals surface area contributed by atoms with Crippen LogP contribution in [0.2, 0.25) is 0 Å². The van der Waals surface area contributed by atoms with E-state index in [0.717, 1.165) is 5.69 Å². The van der Waals surface area contributed by atoms with Gasteiger partial charge in [0.05, 0.1) is 12.8 Å². The standard InChI is InChI=1S/C19H17NO4/c1-23-15-8-6-7-14(13-15)18(19(21)22)24-17-10-3-2-9-16(17)20-11-4-5-12-20/h2-13,18H,1H3,(H,21,22). The van der Waals surface area contributed by atoms with Crippen molar-refractivity contribution in [3.8, 4) is 17.2 Å². The molecule has 1 unspecified atom stereocenters. The van der Waals surface area contributed by atoms with Crippen LogP contribution in [0.25, 0.3) is 5.69 Å². The second-order valence-electron chi connectivity index (χ2n) is 5.17. The number of rotatable bonds is 6. The minimum atomic E-state index is -1.13. The van der Waals surface area contributed by atoms with Crippen molar-refractivity contribution in [1.82, 2.24) is 4.57 Å². The van der Waals surface area contributed by atoms with Crippen LogP contribution in [0.15, 0.2) is 73.1 Å². The number of carboxylic acids is 1. The number of hydrogen-bond acceptors (Lipinski definition) is 3. The Morgan fingerprint density at radius 3 is 2.50 bits per heavy atom. The summed E-state index contributed by atoms with van der Waals surface area (Å²) >= 11 is 0. The first-order valence-electron chi connectivity index (χ1n) is 7.45. The minimum Gasteiger partial charge on any atom is -0.497 e. The third kappa shape index (κ3) is 3.25. The summed E-state index contributed by atoms with van der Waals surface area (Å²) < 4.78 is 12.9. The molecule has 0 aliphatic carbocycles. The number of nitrogens with zero attached hydrogens (tertiary/aromatic N) is 1. The zero-order valence-corrected chi connectivity index (χ0v) is 13.1. The topological polar surface area (TPSA) is 60.7 Å². The van der Waals surface area contributed by atoms with Gasteiger partial charge in [0, 0.05) is 18.0 Å². The van der Waals surface area contributed by atoms with Gasteiger partial charge in [-0.15, -0.1) is 0 Å². The van der Waals surface area contributed by atoms with Crippen LogP contribution in [0.5, 0.6) is 11.5 Å². The second kappa shape index (κ2) is 6.91. The van der Waals surface area contributed by atoms with Gasteiger partial charge in [-0.05, 0) is 36.4 Å². The lowest BCUT2D eigenvalue weighted by atomic mass is 10.1. The predicted octanol–water partition coefficient (Wildman–Crippen LogP) is 3.69. The molecular formula is C19H17NO4. The van der Waals surface area contributed by atoms with Crippen LogP contribution in [-0.4, -0.2) is 22.8 Å². The highest BCUT2D eigenvalue weighted by molar-refractivity contribution is 5.75. The fourth-order valence-electron chi connectivity index (χ4n) is 2.46. The van der Waals surface area contributed by atoms with Crippen LogP contribution in [0.1, 0.15) is 11.7 Å². The van der Waals surface area contributed by atoms with E-state index in [-0.39, 0.29) is 0 Å². The molecule has 122 valence electrons. The van der Waals surface area contributed by atoms with Gasteiger partial charge in [-0.1, -0.05) is 24.3 Å². The number of carboxylic acid groups (broad SMARTS) is 1. The molecule has 0 radical (unpaired) electrons. The number of hydrogen-bond donors (Lipinski definition) is 1. The maximum Gasteiger partial charge on any atom is 0.349 e. The van der Waals surface area contributed by atoms with Crippen molar-refractivity contribution in [3.05, 3.63) is 78.6 Å². The highest BCUT2D eigenvalue weighted by Crippen LogP contribution is 2.29. The maximum absolute atomic E-state index is 11.7. The van der Waals surface area contributed by atoms with Crippen molar-refractivity contribution >= 4 is 5.97 Å². The Bertz CT molecular complexity index is 827. The summed E-state index contributed by atoms with van der Waals surface area (Å²) in [7, 11) is 1.54. The number of aromatic nitrogens is 1. The lowest BCUT2D eigenvalue weighted by molar-refractivity contribution is -0.145. The van der Waals surface area contributed by atoms with Crippen molar-refractivity contribution in [1.29, 1.82) is 0 Å². The van der Waals surface area contributed by atoms with Crippen LogP contribution in [0, 0.1) is 0 Å². The molecule has 0 amide bonds. The molecule has 3 rings (SSSR count). The predicted molar refractivity (Wildman–Crippen MR) is 89.8 cm³/mol. The first-order valence-corrected chi connectivity index (χ1v) is 7.45. The molecule has 0 saturated heterocycles. The molecule has 5 nitrogen and oxygen atoms in total. The van der Waals surface area contributed by atoms with Crippen molar-refractivity contribution in [3.63, 3.8) is 0 Å². The Kier molecular flexibility index (Phi) is 4.52. The van der Waals surface area contributed by atoms with Gasteiger partial charge in [0.2, 0.25) is 6.10 Å². The van der Waals surface area contributed by atoms with E-state index in [0.29, 0.717) is 17.1 Å². The number of ether oxygens (including phenoxy) is 2. The third-order valence-electron chi connectivity index (χ3n) is 3.61. The third-order valence-corrected chi connectivity index (χ3v) is 3.61. The number of carbonyl (C=O) groups is 1. The summed E-state index contributed by atoms with van der Waals surface area (Å²) in [5, 5.41) is 9.60. The molecule has 1 N–H and O–H groups in total. The summed E-state index contributed by atoms with van der Waals surface area (Å²) in [6.07, 6.45) is 2.63. The van der Waals surface area contributed by atoms with Crippen LogP contribution in [0.3, 0.4) is 0 Å². The molecular weight excluding hydrogens is 306 g/mol. The molecule has 2 aromatic carbocycles. The van der Waals surface area contributed by atoms with Gasteiger partial charge in [-0.2, -0.15) is 0 Å². The van der Waals surface area contributed by atoms with Gasteiger partial charge in [-0.25, -0.2) is 4.79 Å². The first kappa shape index (κ1) is 15.7. The normalized spacial score (nSPS) is 11.7. The molecule has 1 aromatic heterocycles. The molecule has 0 aliphatic rings. The summed E-state index contributed by atoms with van der Waals surface area (Å²) in [5.74, 6) is 0.00975. The molecule has 0 bridgehead atoms. The van der Waals surface area contributed by atoms with E-state index in [1.54, 1.807) is 30.3 Å². The SMILES string of the molecule is COc1cccc(C(Oc2ccccc2-n2cccc2)C(=O)O)c1. The molecule has 0 spiro atoms. The Labute approximate surface area is 139 Å². The average Bonchev–Trinajstić information content (AvgIpc) is 3.14. The van der Waals surface area contributed by atoms with Gasteiger partial charge < -0.3 is 19.1 Å². The van der Waals surface area contributed by atoms with Crippen LogP contribution in [-0.2, 0) is 4.79 Å². The van der Waals surface area contributed by atoms with Crippen molar-refractivity contribution in [2.75, 3.05) is 7.11 Å². The van der Waals surface area contributed by atoms with Crippen LogP contribution >= 0.6 is 0 Å². The zero-order chi connectivity index (χ0) is 16.9. The Morgan fingerprint density at radius 2 is 1.79 bits per heavy atom. The number of para-hydroxylation sites is 2. The van der Waals surface area contributed by atoms with Gasteiger partial charge in [-0.3, -0.25) is 0 Å².